The maximum atomic E-state index is 10.3. The summed E-state index contributed by atoms with van der Waals surface area (Å²) in [6.07, 6.45) is 3.80. The number of carboxylic acids is 1. The highest BCUT2D eigenvalue weighted by molar-refractivity contribution is 5.66. The van der Waals surface area contributed by atoms with Crippen molar-refractivity contribution in [3.8, 4) is 12.1 Å². The van der Waals surface area contributed by atoms with Gasteiger partial charge in [0.2, 0.25) is 0 Å². The summed E-state index contributed by atoms with van der Waals surface area (Å²) in [5, 5.41) is 26.0. The Morgan fingerprint density at radius 3 is 2.71 bits per heavy atom. The summed E-state index contributed by atoms with van der Waals surface area (Å²) < 4.78 is 1.62. The van der Waals surface area contributed by atoms with Crippen molar-refractivity contribution >= 4 is 5.97 Å². The van der Waals surface area contributed by atoms with E-state index < -0.39 is 5.97 Å². The van der Waals surface area contributed by atoms with E-state index in [-0.39, 0.29) is 17.8 Å². The standard InChI is InChI=1S/C11H12N4O2/c12-6-9-10(7-13)15(8-14-9)5-3-1-2-4-11(16)17/h8H,1-5H2,(H,16,17). The lowest BCUT2D eigenvalue weighted by Gasteiger charge is -2.02. The van der Waals surface area contributed by atoms with Gasteiger partial charge in [0.05, 0.1) is 6.33 Å². The first-order chi connectivity index (χ1) is 8.19. The van der Waals surface area contributed by atoms with E-state index >= 15 is 0 Å². The number of aromatic nitrogens is 2. The second-order valence-corrected chi connectivity index (χ2v) is 3.56. The van der Waals surface area contributed by atoms with Crippen molar-refractivity contribution in [1.29, 1.82) is 10.5 Å². The maximum Gasteiger partial charge on any atom is 0.303 e. The topological polar surface area (TPSA) is 103 Å². The predicted molar refractivity (Wildman–Crippen MR) is 57.8 cm³/mol. The van der Waals surface area contributed by atoms with Gasteiger partial charge in [0.15, 0.2) is 11.4 Å². The van der Waals surface area contributed by atoms with Gasteiger partial charge < -0.3 is 9.67 Å². The van der Waals surface area contributed by atoms with E-state index in [1.165, 1.54) is 6.33 Å². The summed E-state index contributed by atoms with van der Waals surface area (Å²) in [6, 6.07) is 3.79. The van der Waals surface area contributed by atoms with E-state index in [1.54, 1.807) is 4.57 Å². The monoisotopic (exact) mass is 232 g/mol. The number of imidazole rings is 1. The molecule has 0 saturated heterocycles. The van der Waals surface area contributed by atoms with Crippen LogP contribution >= 0.6 is 0 Å². The fourth-order valence-electron chi connectivity index (χ4n) is 1.49. The van der Waals surface area contributed by atoms with Gasteiger partial charge in [-0.05, 0) is 12.8 Å². The molecule has 6 heteroatoms. The number of hydrogen-bond donors (Lipinski definition) is 1. The normalized spacial score (nSPS) is 9.53. The molecule has 0 aromatic carbocycles. The molecule has 0 aliphatic carbocycles. The fourth-order valence-corrected chi connectivity index (χ4v) is 1.49. The Morgan fingerprint density at radius 2 is 2.12 bits per heavy atom. The molecule has 0 aliphatic heterocycles. The molecule has 1 N–H and O–H groups in total. The zero-order valence-corrected chi connectivity index (χ0v) is 9.26. The first-order valence-electron chi connectivity index (χ1n) is 5.26. The van der Waals surface area contributed by atoms with Gasteiger partial charge in [-0.25, -0.2) is 4.98 Å². The molecule has 0 spiro atoms. The highest BCUT2D eigenvalue weighted by atomic mass is 16.4. The first-order valence-corrected chi connectivity index (χ1v) is 5.26. The first kappa shape index (κ1) is 12.7. The van der Waals surface area contributed by atoms with Crippen LogP contribution in [0.3, 0.4) is 0 Å². The van der Waals surface area contributed by atoms with Crippen LogP contribution in [0.2, 0.25) is 0 Å². The summed E-state index contributed by atoms with van der Waals surface area (Å²) in [7, 11) is 0. The Bertz CT molecular complexity index is 479. The zero-order chi connectivity index (χ0) is 12.7. The van der Waals surface area contributed by atoms with Gasteiger partial charge in [-0.2, -0.15) is 10.5 Å². The predicted octanol–water partition coefficient (Wildman–Crippen LogP) is 1.27. The number of aliphatic carboxylic acids is 1. The summed E-state index contributed by atoms with van der Waals surface area (Å²) in [6.45, 7) is 0.581. The zero-order valence-electron chi connectivity index (χ0n) is 9.26. The Kier molecular flexibility index (Phi) is 4.71. The number of carboxylic acid groups (broad SMARTS) is 1. The molecule has 0 amide bonds. The van der Waals surface area contributed by atoms with Gasteiger partial charge in [0.25, 0.3) is 0 Å². The average molecular weight is 232 g/mol. The second kappa shape index (κ2) is 6.29. The van der Waals surface area contributed by atoms with Gasteiger partial charge in [-0.3, -0.25) is 4.79 Å². The number of rotatable bonds is 6. The average Bonchev–Trinajstić information content (AvgIpc) is 2.70. The van der Waals surface area contributed by atoms with Crippen molar-refractivity contribution < 1.29 is 9.90 Å². The van der Waals surface area contributed by atoms with Crippen LogP contribution < -0.4 is 0 Å². The maximum absolute atomic E-state index is 10.3. The number of nitriles is 2. The van der Waals surface area contributed by atoms with E-state index in [2.05, 4.69) is 4.98 Å². The third kappa shape index (κ3) is 3.62. The SMILES string of the molecule is N#Cc1ncn(CCCCCC(=O)O)c1C#N. The van der Waals surface area contributed by atoms with Crippen molar-refractivity contribution in [3.63, 3.8) is 0 Å². The molecular weight excluding hydrogens is 220 g/mol. The Balaban J connectivity index is 2.43. The second-order valence-electron chi connectivity index (χ2n) is 3.56. The van der Waals surface area contributed by atoms with Crippen LogP contribution in [0.4, 0.5) is 0 Å². The van der Waals surface area contributed by atoms with Gasteiger partial charge in [0.1, 0.15) is 12.1 Å². The quantitative estimate of drug-likeness (QED) is 0.744. The van der Waals surface area contributed by atoms with Crippen molar-refractivity contribution in [3.05, 3.63) is 17.7 Å². The van der Waals surface area contributed by atoms with Crippen LogP contribution in [-0.2, 0) is 11.3 Å². The number of nitrogens with zero attached hydrogens (tertiary/aromatic N) is 4. The van der Waals surface area contributed by atoms with Crippen LogP contribution in [0.15, 0.2) is 6.33 Å². The summed E-state index contributed by atoms with van der Waals surface area (Å²) >= 11 is 0. The summed E-state index contributed by atoms with van der Waals surface area (Å²) in [4.78, 5) is 14.1. The van der Waals surface area contributed by atoms with Crippen LogP contribution in [0.1, 0.15) is 37.1 Å². The molecule has 0 aliphatic rings. The lowest BCUT2D eigenvalue weighted by molar-refractivity contribution is -0.137. The van der Waals surface area contributed by atoms with E-state index in [1.807, 2.05) is 12.1 Å². The van der Waals surface area contributed by atoms with Crippen molar-refractivity contribution in [1.82, 2.24) is 9.55 Å². The lowest BCUT2D eigenvalue weighted by atomic mass is 10.2. The Morgan fingerprint density at radius 1 is 1.35 bits per heavy atom. The van der Waals surface area contributed by atoms with Gasteiger partial charge in [-0.15, -0.1) is 0 Å². The highest BCUT2D eigenvalue weighted by Crippen LogP contribution is 2.08. The van der Waals surface area contributed by atoms with E-state index in [0.29, 0.717) is 13.0 Å². The molecule has 0 radical (unpaired) electrons. The number of hydrogen-bond acceptors (Lipinski definition) is 4. The smallest absolute Gasteiger partial charge is 0.303 e. The highest BCUT2D eigenvalue weighted by Gasteiger charge is 2.09. The largest absolute Gasteiger partial charge is 0.481 e. The fraction of sp³-hybridized carbons (Fsp3) is 0.455. The summed E-state index contributed by atoms with van der Waals surface area (Å²) in [5.41, 5.74) is 0.406. The van der Waals surface area contributed by atoms with Crippen LogP contribution in [-0.4, -0.2) is 20.6 Å². The van der Waals surface area contributed by atoms with E-state index in [9.17, 15) is 4.79 Å². The molecule has 0 fully saturated rings. The third-order valence-electron chi connectivity index (χ3n) is 2.34. The minimum atomic E-state index is -0.794. The molecule has 0 bridgehead atoms. The molecule has 1 rings (SSSR count). The van der Waals surface area contributed by atoms with Crippen molar-refractivity contribution in [2.75, 3.05) is 0 Å². The van der Waals surface area contributed by atoms with Crippen LogP contribution in [0.25, 0.3) is 0 Å². The Labute approximate surface area is 98.7 Å². The minimum Gasteiger partial charge on any atom is -0.481 e. The van der Waals surface area contributed by atoms with Gasteiger partial charge in [0, 0.05) is 13.0 Å². The molecule has 1 heterocycles. The number of carbonyl (C=O) groups is 1. The lowest BCUT2D eigenvalue weighted by Crippen LogP contribution is -2.01. The molecule has 88 valence electrons. The van der Waals surface area contributed by atoms with Gasteiger partial charge >= 0.3 is 5.97 Å². The van der Waals surface area contributed by atoms with Crippen LogP contribution in [0.5, 0.6) is 0 Å². The minimum absolute atomic E-state index is 0.137. The molecular formula is C11H12N4O2. The van der Waals surface area contributed by atoms with Crippen molar-refractivity contribution in [2.24, 2.45) is 0 Å². The number of aryl methyl sites for hydroxylation is 1. The third-order valence-corrected chi connectivity index (χ3v) is 2.34. The Hall–Kier alpha value is -2.34. The van der Waals surface area contributed by atoms with E-state index in [0.717, 1.165) is 12.8 Å². The molecule has 1 aromatic rings. The molecule has 0 saturated carbocycles. The molecule has 1 aromatic heterocycles. The molecule has 6 nitrogen and oxygen atoms in total. The molecule has 0 atom stereocenters. The summed E-state index contributed by atoms with van der Waals surface area (Å²) in [5.74, 6) is -0.794. The van der Waals surface area contributed by atoms with Gasteiger partial charge in [-0.1, -0.05) is 6.42 Å². The molecule has 17 heavy (non-hydrogen) atoms. The molecule has 0 unspecified atom stereocenters. The van der Waals surface area contributed by atoms with E-state index in [4.69, 9.17) is 15.6 Å². The van der Waals surface area contributed by atoms with Crippen molar-refractivity contribution in [2.45, 2.75) is 32.2 Å². The number of unbranched alkanes of at least 4 members (excludes halogenated alkanes) is 2. The van der Waals surface area contributed by atoms with Crippen LogP contribution in [0, 0.1) is 22.7 Å².